The quantitative estimate of drug-likeness (QED) is 0.128. The van der Waals surface area contributed by atoms with Gasteiger partial charge in [-0.3, -0.25) is 13.5 Å². The summed E-state index contributed by atoms with van der Waals surface area (Å²) in [5.41, 5.74) is 12.0. The first kappa shape index (κ1) is 38.0. The number of imidazole rings is 1. The molecule has 0 saturated heterocycles. The molecule has 0 fully saturated rings. The summed E-state index contributed by atoms with van der Waals surface area (Å²) in [6, 6.07) is 69.2. The number of aromatic nitrogens is 5. The number of pyridine rings is 1. The van der Waals surface area contributed by atoms with Crippen molar-refractivity contribution in [2.24, 2.45) is 0 Å². The molecule has 0 atom stereocenters. The molecule has 66 heavy (non-hydrogen) atoms. The summed E-state index contributed by atoms with van der Waals surface area (Å²) in [6.07, 6.45) is 8.03. The average molecular weight is 850 g/mol. The fourth-order valence-electron chi connectivity index (χ4n) is 10.2. The maximum atomic E-state index is 6.80. The van der Waals surface area contributed by atoms with Crippen LogP contribution in [0.3, 0.4) is 0 Å². The molecule has 8 aromatic carbocycles. The number of rotatable bonds is 5. The van der Waals surface area contributed by atoms with E-state index in [2.05, 4.69) is 239 Å². The van der Waals surface area contributed by atoms with Crippen molar-refractivity contribution in [1.82, 2.24) is 18.5 Å². The molecule has 6 heteroatoms. The summed E-state index contributed by atoms with van der Waals surface area (Å²) in [5, 5.41) is 8.14. The lowest BCUT2D eigenvalue weighted by Crippen LogP contribution is -2.21. The molecule has 5 heterocycles. The highest BCUT2D eigenvalue weighted by Gasteiger charge is 2.21. The summed E-state index contributed by atoms with van der Waals surface area (Å²) in [7, 11) is 0. The van der Waals surface area contributed by atoms with Crippen LogP contribution in [0.1, 0.15) is 26.3 Å². The van der Waals surface area contributed by atoms with Gasteiger partial charge in [0.2, 0.25) is 0 Å². The van der Waals surface area contributed by atoms with Gasteiger partial charge in [0.25, 0.3) is 6.33 Å². The molecule has 0 aliphatic rings. The largest absolute Gasteiger partial charge is 0.458 e. The fourth-order valence-corrected chi connectivity index (χ4v) is 10.2. The van der Waals surface area contributed by atoms with Crippen LogP contribution in [0, 0.1) is 6.33 Å². The second-order valence-electron chi connectivity index (χ2n) is 18.2. The lowest BCUT2D eigenvalue weighted by molar-refractivity contribution is -0.485. The number of ether oxygens (including phenoxy) is 1. The van der Waals surface area contributed by atoms with E-state index in [0.29, 0.717) is 0 Å². The van der Waals surface area contributed by atoms with Gasteiger partial charge in [-0.25, -0.2) is 4.98 Å². The van der Waals surface area contributed by atoms with Crippen LogP contribution in [0.4, 0.5) is 0 Å². The van der Waals surface area contributed by atoms with E-state index in [4.69, 9.17) is 9.72 Å². The van der Waals surface area contributed by atoms with Crippen molar-refractivity contribution in [1.29, 1.82) is 0 Å². The smallest absolute Gasteiger partial charge is 0.269 e. The summed E-state index contributed by atoms with van der Waals surface area (Å²) in [4.78, 5) is 4.90. The van der Waals surface area contributed by atoms with Crippen molar-refractivity contribution in [2.45, 2.75) is 26.2 Å². The van der Waals surface area contributed by atoms with Gasteiger partial charge in [-0.05, 0) is 93.5 Å². The predicted molar refractivity (Wildman–Crippen MR) is 270 cm³/mol. The number of fused-ring (bicyclic) bond motifs is 13. The van der Waals surface area contributed by atoms with Crippen LogP contribution < -0.4 is 9.14 Å². The average Bonchev–Trinajstić information content (AvgIpc) is 4.05. The molecule has 0 bridgehead atoms. The second kappa shape index (κ2) is 14.5. The molecule has 0 spiro atoms. The van der Waals surface area contributed by atoms with Crippen LogP contribution in [0.15, 0.2) is 207 Å². The van der Waals surface area contributed by atoms with Crippen LogP contribution in [0.25, 0.3) is 99.0 Å². The first-order chi connectivity index (χ1) is 32.4. The van der Waals surface area contributed by atoms with Gasteiger partial charge >= 0.3 is 0 Å². The third-order valence-electron chi connectivity index (χ3n) is 13.3. The first-order valence-electron chi connectivity index (χ1n) is 22.5. The van der Waals surface area contributed by atoms with Crippen molar-refractivity contribution in [2.75, 3.05) is 0 Å². The number of benzene rings is 8. The molecule has 0 N–H and O–H groups in total. The molecular formula is C60H43N5O. The molecule has 0 saturated carbocycles. The zero-order valence-electron chi connectivity index (χ0n) is 36.8. The predicted octanol–water partition coefficient (Wildman–Crippen LogP) is 14.7. The van der Waals surface area contributed by atoms with E-state index in [0.717, 1.165) is 94.3 Å². The van der Waals surface area contributed by atoms with E-state index < -0.39 is 0 Å². The minimum absolute atomic E-state index is 0.0191. The summed E-state index contributed by atoms with van der Waals surface area (Å²) in [5.74, 6) is 2.35. The Balaban J connectivity index is 1.04. The zero-order chi connectivity index (χ0) is 44.1. The molecule has 13 rings (SSSR count). The highest BCUT2D eigenvalue weighted by Crippen LogP contribution is 2.40. The van der Waals surface area contributed by atoms with E-state index in [1.165, 1.54) is 21.7 Å². The molecule has 5 aromatic heterocycles. The van der Waals surface area contributed by atoms with Crippen LogP contribution in [-0.4, -0.2) is 18.5 Å². The Morgan fingerprint density at radius 3 is 1.89 bits per heavy atom. The highest BCUT2D eigenvalue weighted by atomic mass is 16.5. The topological polar surface area (TPSA) is 40.5 Å². The molecule has 0 radical (unpaired) electrons. The molecule has 0 unspecified atom stereocenters. The van der Waals surface area contributed by atoms with Gasteiger partial charge in [0.15, 0.2) is 0 Å². The summed E-state index contributed by atoms with van der Waals surface area (Å²) in [6.45, 7) is 6.71. The maximum absolute atomic E-state index is 6.80. The maximum Gasteiger partial charge on any atom is 0.269 e. The Morgan fingerprint density at radius 1 is 0.515 bits per heavy atom. The van der Waals surface area contributed by atoms with E-state index >= 15 is 0 Å². The van der Waals surface area contributed by atoms with Gasteiger partial charge < -0.3 is 9.14 Å². The van der Waals surface area contributed by atoms with E-state index in [9.17, 15) is 0 Å². The minimum atomic E-state index is -0.0191. The third kappa shape index (κ3) is 5.88. The fraction of sp³-hybridized carbons (Fsp3) is 0.0667. The van der Waals surface area contributed by atoms with E-state index in [1.807, 2.05) is 12.3 Å². The zero-order valence-corrected chi connectivity index (χ0v) is 36.8. The SMILES string of the molecule is CC(C)(C)c1ccnc(-n2c3ccccc3c3ccc(Oc4cccc(-n5[c-][n+]6c(c5)c5ccccc5c5ccccc5n5c7ccccc7c7ccc(-c8ccccc8)c6c75)c4)cc32)c1. The van der Waals surface area contributed by atoms with Crippen molar-refractivity contribution < 1.29 is 9.14 Å². The van der Waals surface area contributed by atoms with Crippen molar-refractivity contribution in [3.05, 3.63) is 218 Å². The number of para-hydroxylation sites is 3. The van der Waals surface area contributed by atoms with Crippen LogP contribution in [0.2, 0.25) is 0 Å². The van der Waals surface area contributed by atoms with Crippen molar-refractivity contribution >= 4 is 76.3 Å². The molecular weight excluding hydrogens is 807 g/mol. The van der Waals surface area contributed by atoms with Gasteiger partial charge in [0.1, 0.15) is 22.8 Å². The van der Waals surface area contributed by atoms with E-state index in [1.54, 1.807) is 0 Å². The molecule has 13 aromatic rings. The Labute approximate surface area is 381 Å². The van der Waals surface area contributed by atoms with Crippen molar-refractivity contribution in [3.8, 4) is 34.1 Å². The second-order valence-corrected chi connectivity index (χ2v) is 18.2. The first-order valence-corrected chi connectivity index (χ1v) is 22.5. The van der Waals surface area contributed by atoms with Gasteiger partial charge in [-0.15, -0.1) is 0 Å². The monoisotopic (exact) mass is 849 g/mol. The van der Waals surface area contributed by atoms with Crippen LogP contribution in [0.5, 0.6) is 11.5 Å². The molecule has 6 nitrogen and oxygen atoms in total. The van der Waals surface area contributed by atoms with Gasteiger partial charge in [0, 0.05) is 45.4 Å². The Kier molecular flexibility index (Phi) is 8.37. The molecule has 0 aliphatic carbocycles. The summed E-state index contributed by atoms with van der Waals surface area (Å²) >= 11 is 0. The molecule has 0 aliphatic heterocycles. The highest BCUT2D eigenvalue weighted by molar-refractivity contribution is 6.18. The van der Waals surface area contributed by atoms with Crippen LogP contribution >= 0.6 is 0 Å². The van der Waals surface area contributed by atoms with Gasteiger partial charge in [-0.2, -0.15) is 0 Å². The Morgan fingerprint density at radius 2 is 1.14 bits per heavy atom. The summed E-state index contributed by atoms with van der Waals surface area (Å²) < 4.78 is 15.9. The number of hydrogen-bond donors (Lipinski definition) is 0. The molecule has 0 amide bonds. The third-order valence-corrected chi connectivity index (χ3v) is 13.3. The van der Waals surface area contributed by atoms with Crippen LogP contribution in [-0.2, 0) is 5.41 Å². The van der Waals surface area contributed by atoms with Gasteiger partial charge in [-0.1, -0.05) is 148 Å². The minimum Gasteiger partial charge on any atom is -0.458 e. The Hall–Kier alpha value is -8.48. The van der Waals surface area contributed by atoms with Gasteiger partial charge in [0.05, 0.1) is 38.8 Å². The normalized spacial score (nSPS) is 12.2. The molecule has 314 valence electrons. The number of nitrogens with zero attached hydrogens (tertiary/aromatic N) is 5. The standard InChI is InChI=1S/C60H43N5O/c1-60(2,3)40-32-33-61-57(34-40)64-52-25-12-10-23-48(52)50-29-28-43(36-55(50)64)66-42-19-15-18-41(35-42)62-37-56-47-22-8-7-20-45(47)46-21-9-13-26-53(46)65-54-27-14-11-24-49(54)51-31-30-44(39-16-5-4-6-17-39)58(59(51)65)63(56)38-62/h4-37H,1-3H3. The van der Waals surface area contributed by atoms with E-state index in [-0.39, 0.29) is 5.41 Å². The lowest BCUT2D eigenvalue weighted by atomic mass is 9.88. The van der Waals surface area contributed by atoms with Crippen molar-refractivity contribution in [3.63, 3.8) is 0 Å². The number of hydrogen-bond acceptors (Lipinski definition) is 2. The lowest BCUT2D eigenvalue weighted by Gasteiger charge is -2.20. The Bertz CT molecular complexity index is 4130.